The molecule has 0 atom stereocenters. The van der Waals surface area contributed by atoms with Gasteiger partial charge in [-0.05, 0) is 49.3 Å². The van der Waals surface area contributed by atoms with Crippen molar-refractivity contribution >= 4 is 0 Å². The van der Waals surface area contributed by atoms with Crippen molar-refractivity contribution in [3.63, 3.8) is 0 Å². The average molecular weight is 261 g/mol. The minimum atomic E-state index is -0.163. The lowest BCUT2D eigenvalue weighted by Gasteiger charge is -2.25. The van der Waals surface area contributed by atoms with E-state index >= 15 is 0 Å². The van der Waals surface area contributed by atoms with Crippen LogP contribution in [0.4, 0.5) is 0 Å². The van der Waals surface area contributed by atoms with E-state index < -0.39 is 0 Å². The smallest absolute Gasteiger partial charge is 0.161 e. The summed E-state index contributed by atoms with van der Waals surface area (Å²) >= 11 is 0. The molecular weight excluding hydrogens is 238 g/mol. The molecule has 0 unspecified atom stereocenters. The van der Waals surface area contributed by atoms with Gasteiger partial charge < -0.3 is 15.2 Å². The maximum atomic E-state index is 6.51. The zero-order valence-electron chi connectivity index (χ0n) is 11.7. The lowest BCUT2D eigenvalue weighted by Crippen LogP contribution is -2.33. The molecule has 0 heterocycles. The molecule has 2 N–H and O–H groups in total. The lowest BCUT2D eigenvalue weighted by atomic mass is 9.89. The first-order valence-electron chi connectivity index (χ1n) is 7.31. The molecule has 104 valence electrons. The molecular formula is C16H23NO2. The van der Waals surface area contributed by atoms with Crippen LogP contribution in [-0.4, -0.2) is 13.7 Å². The standard InChI is InChI=1S/C16H23NO2/c1-18-14-7-6-13(16(17)8-2-3-9-16)10-15(14)19-11-12-4-5-12/h6-7,10,12H,2-5,8-9,11,17H2,1H3. The monoisotopic (exact) mass is 261 g/mol. The number of ether oxygens (including phenoxy) is 2. The number of rotatable bonds is 5. The van der Waals surface area contributed by atoms with Crippen molar-refractivity contribution in [3.8, 4) is 11.5 Å². The third-order valence-electron chi connectivity index (χ3n) is 4.41. The summed E-state index contributed by atoms with van der Waals surface area (Å²) in [7, 11) is 1.69. The van der Waals surface area contributed by atoms with E-state index in [2.05, 4.69) is 12.1 Å². The third kappa shape index (κ3) is 2.71. The number of hydrogen-bond donors (Lipinski definition) is 1. The number of nitrogens with two attached hydrogens (primary N) is 1. The molecule has 2 fully saturated rings. The molecule has 19 heavy (non-hydrogen) atoms. The van der Waals surface area contributed by atoms with Gasteiger partial charge in [-0.25, -0.2) is 0 Å². The first-order chi connectivity index (χ1) is 9.21. The summed E-state index contributed by atoms with van der Waals surface area (Å²) < 4.78 is 11.3. The van der Waals surface area contributed by atoms with Crippen molar-refractivity contribution in [2.24, 2.45) is 11.7 Å². The van der Waals surface area contributed by atoms with Gasteiger partial charge in [0.1, 0.15) is 0 Å². The fourth-order valence-corrected chi connectivity index (χ4v) is 2.89. The molecule has 2 aliphatic carbocycles. The molecule has 0 amide bonds. The Morgan fingerprint density at radius 3 is 2.58 bits per heavy atom. The highest BCUT2D eigenvalue weighted by molar-refractivity contribution is 5.45. The number of benzene rings is 1. The van der Waals surface area contributed by atoms with Crippen molar-refractivity contribution in [2.75, 3.05) is 13.7 Å². The summed E-state index contributed by atoms with van der Waals surface area (Å²) in [5.41, 5.74) is 7.54. The minimum Gasteiger partial charge on any atom is -0.493 e. The van der Waals surface area contributed by atoms with E-state index in [1.165, 1.54) is 31.2 Å². The molecule has 2 saturated carbocycles. The quantitative estimate of drug-likeness (QED) is 0.885. The highest BCUT2D eigenvalue weighted by atomic mass is 16.5. The van der Waals surface area contributed by atoms with Gasteiger partial charge >= 0.3 is 0 Å². The maximum Gasteiger partial charge on any atom is 0.161 e. The van der Waals surface area contributed by atoms with Gasteiger partial charge in [-0.15, -0.1) is 0 Å². The summed E-state index contributed by atoms with van der Waals surface area (Å²) in [5, 5.41) is 0. The van der Waals surface area contributed by atoms with Gasteiger partial charge in [0.15, 0.2) is 11.5 Å². The van der Waals surface area contributed by atoms with Crippen molar-refractivity contribution in [3.05, 3.63) is 23.8 Å². The number of hydrogen-bond acceptors (Lipinski definition) is 3. The summed E-state index contributed by atoms with van der Waals surface area (Å²) in [6.45, 7) is 0.803. The molecule has 1 aromatic rings. The average Bonchev–Trinajstić information content (AvgIpc) is 3.16. The van der Waals surface area contributed by atoms with Crippen LogP contribution in [-0.2, 0) is 5.54 Å². The van der Waals surface area contributed by atoms with Crippen LogP contribution < -0.4 is 15.2 Å². The topological polar surface area (TPSA) is 44.5 Å². The Morgan fingerprint density at radius 2 is 1.95 bits per heavy atom. The molecule has 3 heteroatoms. The molecule has 0 radical (unpaired) electrons. The van der Waals surface area contributed by atoms with E-state index in [-0.39, 0.29) is 5.54 Å². The Hall–Kier alpha value is -1.22. The SMILES string of the molecule is COc1ccc(C2(N)CCCC2)cc1OCC1CC1. The van der Waals surface area contributed by atoms with Crippen molar-refractivity contribution in [1.29, 1.82) is 0 Å². The second kappa shape index (κ2) is 5.04. The molecule has 1 aromatic carbocycles. The first kappa shape index (κ1) is 12.8. The predicted molar refractivity (Wildman–Crippen MR) is 75.5 cm³/mol. The van der Waals surface area contributed by atoms with Gasteiger partial charge in [0.05, 0.1) is 13.7 Å². The predicted octanol–water partition coefficient (Wildman–Crippen LogP) is 3.21. The van der Waals surface area contributed by atoms with Gasteiger partial charge in [-0.1, -0.05) is 18.9 Å². The zero-order valence-corrected chi connectivity index (χ0v) is 11.7. The molecule has 3 rings (SSSR count). The van der Waals surface area contributed by atoms with E-state index in [1.807, 2.05) is 6.07 Å². The highest BCUT2D eigenvalue weighted by Gasteiger charge is 2.32. The van der Waals surface area contributed by atoms with Gasteiger partial charge in [0.2, 0.25) is 0 Å². The van der Waals surface area contributed by atoms with Crippen LogP contribution in [0.1, 0.15) is 44.1 Å². The van der Waals surface area contributed by atoms with E-state index in [4.69, 9.17) is 15.2 Å². The lowest BCUT2D eigenvalue weighted by molar-refractivity contribution is 0.279. The Bertz CT molecular complexity index is 448. The summed E-state index contributed by atoms with van der Waals surface area (Å²) in [6, 6.07) is 6.17. The summed E-state index contributed by atoms with van der Waals surface area (Å²) in [5.74, 6) is 2.40. The zero-order chi connectivity index (χ0) is 13.3. The molecule has 0 aliphatic heterocycles. The van der Waals surface area contributed by atoms with E-state index in [0.29, 0.717) is 0 Å². The Morgan fingerprint density at radius 1 is 1.21 bits per heavy atom. The molecule has 0 saturated heterocycles. The van der Waals surface area contributed by atoms with Gasteiger partial charge in [0, 0.05) is 5.54 Å². The van der Waals surface area contributed by atoms with Crippen molar-refractivity contribution < 1.29 is 9.47 Å². The van der Waals surface area contributed by atoms with E-state index in [0.717, 1.165) is 36.9 Å². The van der Waals surface area contributed by atoms with Crippen LogP contribution in [0.15, 0.2) is 18.2 Å². The summed E-state index contributed by atoms with van der Waals surface area (Å²) in [6.07, 6.45) is 7.18. The Kier molecular flexibility index (Phi) is 3.40. The highest BCUT2D eigenvalue weighted by Crippen LogP contribution is 2.40. The Balaban J connectivity index is 1.82. The van der Waals surface area contributed by atoms with Crippen LogP contribution >= 0.6 is 0 Å². The molecule has 3 nitrogen and oxygen atoms in total. The van der Waals surface area contributed by atoms with Crippen LogP contribution in [0, 0.1) is 5.92 Å². The Labute approximate surface area is 115 Å². The molecule has 2 aliphatic rings. The summed E-state index contributed by atoms with van der Waals surface area (Å²) in [4.78, 5) is 0. The van der Waals surface area contributed by atoms with Crippen LogP contribution in [0.5, 0.6) is 11.5 Å². The molecule has 0 spiro atoms. The van der Waals surface area contributed by atoms with Crippen LogP contribution in [0.25, 0.3) is 0 Å². The van der Waals surface area contributed by atoms with Crippen LogP contribution in [0.2, 0.25) is 0 Å². The molecule has 0 bridgehead atoms. The second-order valence-electron chi connectivity index (χ2n) is 5.98. The van der Waals surface area contributed by atoms with Gasteiger partial charge in [0.25, 0.3) is 0 Å². The number of methoxy groups -OCH3 is 1. The van der Waals surface area contributed by atoms with Crippen molar-refractivity contribution in [2.45, 2.75) is 44.1 Å². The molecule has 0 aromatic heterocycles. The van der Waals surface area contributed by atoms with Gasteiger partial charge in [-0.2, -0.15) is 0 Å². The third-order valence-corrected chi connectivity index (χ3v) is 4.41. The van der Waals surface area contributed by atoms with E-state index in [9.17, 15) is 0 Å². The first-order valence-corrected chi connectivity index (χ1v) is 7.31. The normalized spacial score (nSPS) is 21.4. The maximum absolute atomic E-state index is 6.51. The fourth-order valence-electron chi connectivity index (χ4n) is 2.89. The van der Waals surface area contributed by atoms with E-state index in [1.54, 1.807) is 7.11 Å². The minimum absolute atomic E-state index is 0.163. The van der Waals surface area contributed by atoms with Crippen LogP contribution in [0.3, 0.4) is 0 Å². The fraction of sp³-hybridized carbons (Fsp3) is 0.625. The van der Waals surface area contributed by atoms with Gasteiger partial charge in [-0.3, -0.25) is 0 Å². The van der Waals surface area contributed by atoms with Crippen molar-refractivity contribution in [1.82, 2.24) is 0 Å². The largest absolute Gasteiger partial charge is 0.493 e. The second-order valence-corrected chi connectivity index (χ2v) is 5.98.